The van der Waals surface area contributed by atoms with Gasteiger partial charge in [0.2, 0.25) is 0 Å². The number of benzene rings is 5. The molecule has 6 rings (SSSR count). The summed E-state index contributed by atoms with van der Waals surface area (Å²) < 4.78 is 85.3. The maximum absolute atomic E-state index is 13.6. The first-order valence-electron chi connectivity index (χ1n) is 21.0. The maximum atomic E-state index is 13.6. The van der Waals surface area contributed by atoms with Gasteiger partial charge in [0, 0.05) is 39.9 Å². The highest BCUT2D eigenvalue weighted by Gasteiger charge is 2.38. The van der Waals surface area contributed by atoms with E-state index in [9.17, 15) is 25.9 Å². The van der Waals surface area contributed by atoms with Crippen molar-refractivity contribution in [2.75, 3.05) is 19.5 Å². The SMILES string of the molecule is COc1cc(Cc2c(C)cc(C)cc2C)ccc1C(c1ccc(Cc2c(C)cc(C)c(S(=O)(=O)O)c2C)cc1OC)c1ccc(NC2CC(C)(C)NC(C)(C)C2)cc1S(=O)(=O)O. The number of hydrogen-bond acceptors (Lipinski definition) is 8. The van der Waals surface area contributed by atoms with E-state index in [4.69, 9.17) is 9.47 Å². The topological polar surface area (TPSA) is 151 Å². The zero-order valence-corrected chi connectivity index (χ0v) is 39.7. The van der Waals surface area contributed by atoms with Gasteiger partial charge in [-0.15, -0.1) is 0 Å². The molecule has 0 radical (unpaired) electrons. The molecule has 1 saturated heterocycles. The Kier molecular flexibility index (Phi) is 13.2. The smallest absolute Gasteiger partial charge is 0.295 e. The van der Waals surface area contributed by atoms with Crippen LogP contribution in [0.4, 0.5) is 5.69 Å². The molecule has 1 aliphatic heterocycles. The number of ether oxygens (including phenoxy) is 2. The maximum Gasteiger partial charge on any atom is 0.295 e. The first kappa shape index (κ1) is 46.8. The molecule has 0 amide bonds. The molecule has 1 heterocycles. The van der Waals surface area contributed by atoms with Crippen LogP contribution in [0.5, 0.6) is 11.5 Å². The minimum absolute atomic E-state index is 0.0348. The molecule has 332 valence electrons. The van der Waals surface area contributed by atoms with Crippen molar-refractivity contribution in [2.24, 2.45) is 0 Å². The standard InChI is InChI=1S/C50H62N2O8S2/c1-29-19-30(2)42(31(3)20-29)22-35-13-16-39(44(24-35)59-11)47(41-18-15-37(26-46(41)61(53,54)55)51-38-27-49(7,8)52-50(9,10)28-38)40-17-14-36(25-45(40)60-12)23-43-32(4)21-33(5)48(34(43)6)62(56,57)58/h13-21,24-26,38,47,51-52H,22-23,27-28H2,1-12H3,(H,53,54,55)(H,56,57,58). The highest BCUT2D eigenvalue weighted by atomic mass is 32.2. The molecule has 12 heteroatoms. The van der Waals surface area contributed by atoms with Crippen LogP contribution in [0, 0.1) is 41.5 Å². The highest BCUT2D eigenvalue weighted by Crippen LogP contribution is 2.45. The molecule has 0 spiro atoms. The monoisotopic (exact) mass is 882 g/mol. The third kappa shape index (κ3) is 10.2. The predicted molar refractivity (Wildman–Crippen MR) is 248 cm³/mol. The van der Waals surface area contributed by atoms with E-state index in [1.807, 2.05) is 49.4 Å². The molecular weight excluding hydrogens is 821 g/mol. The molecule has 5 aromatic carbocycles. The normalized spacial score (nSPS) is 15.9. The van der Waals surface area contributed by atoms with Crippen LogP contribution in [0.25, 0.3) is 0 Å². The van der Waals surface area contributed by atoms with Gasteiger partial charge in [-0.05, 0) is 175 Å². The Labute approximate surface area is 369 Å². The minimum atomic E-state index is -4.79. The molecule has 1 aliphatic rings. The fourth-order valence-electron chi connectivity index (χ4n) is 10.2. The average Bonchev–Trinajstić information content (AvgIpc) is 3.13. The largest absolute Gasteiger partial charge is 0.496 e. The van der Waals surface area contributed by atoms with Crippen molar-refractivity contribution < 1.29 is 35.4 Å². The van der Waals surface area contributed by atoms with Gasteiger partial charge in [0.25, 0.3) is 20.2 Å². The number of anilines is 1. The van der Waals surface area contributed by atoms with Crippen molar-refractivity contribution in [3.8, 4) is 11.5 Å². The summed E-state index contributed by atoms with van der Waals surface area (Å²) in [4.78, 5) is -0.347. The number of rotatable bonds is 13. The number of hydrogen-bond donors (Lipinski definition) is 4. The molecule has 1 fully saturated rings. The first-order valence-corrected chi connectivity index (χ1v) is 23.8. The summed E-state index contributed by atoms with van der Waals surface area (Å²) in [5.41, 5.74) is 11.0. The number of methoxy groups -OCH3 is 2. The first-order chi connectivity index (χ1) is 28.8. The van der Waals surface area contributed by atoms with E-state index in [-0.39, 0.29) is 26.9 Å². The lowest BCUT2D eigenvalue weighted by molar-refractivity contribution is 0.170. The summed E-state index contributed by atoms with van der Waals surface area (Å²) in [6, 6.07) is 22.9. The van der Waals surface area contributed by atoms with E-state index >= 15 is 0 Å². The Morgan fingerprint density at radius 1 is 0.645 bits per heavy atom. The lowest BCUT2D eigenvalue weighted by atomic mass is 9.79. The number of piperidine rings is 1. The predicted octanol–water partition coefficient (Wildman–Crippen LogP) is 10.1. The van der Waals surface area contributed by atoms with Gasteiger partial charge in [0.1, 0.15) is 16.4 Å². The van der Waals surface area contributed by atoms with Crippen molar-refractivity contribution >= 4 is 25.9 Å². The summed E-state index contributed by atoms with van der Waals surface area (Å²) in [6.07, 6.45) is 2.60. The van der Waals surface area contributed by atoms with Crippen LogP contribution >= 0.6 is 0 Å². The zero-order valence-electron chi connectivity index (χ0n) is 38.1. The molecule has 1 unspecified atom stereocenters. The fourth-order valence-corrected chi connectivity index (χ4v) is 12.0. The molecule has 4 N–H and O–H groups in total. The van der Waals surface area contributed by atoms with E-state index < -0.39 is 26.2 Å². The van der Waals surface area contributed by atoms with Gasteiger partial charge in [-0.1, -0.05) is 54.1 Å². The Balaban J connectivity index is 1.52. The van der Waals surface area contributed by atoms with Gasteiger partial charge in [-0.2, -0.15) is 16.8 Å². The van der Waals surface area contributed by atoms with Crippen molar-refractivity contribution in [1.82, 2.24) is 5.32 Å². The van der Waals surface area contributed by atoms with Crippen LogP contribution in [0.1, 0.15) is 119 Å². The van der Waals surface area contributed by atoms with Gasteiger partial charge in [-0.25, -0.2) is 0 Å². The van der Waals surface area contributed by atoms with Gasteiger partial charge >= 0.3 is 0 Å². The molecule has 0 aliphatic carbocycles. The summed E-state index contributed by atoms with van der Waals surface area (Å²) in [5.74, 6) is 0.180. The van der Waals surface area contributed by atoms with E-state index in [1.54, 1.807) is 40.2 Å². The highest BCUT2D eigenvalue weighted by molar-refractivity contribution is 7.86. The van der Waals surface area contributed by atoms with Gasteiger partial charge in [-0.3, -0.25) is 9.11 Å². The number of nitrogens with one attached hydrogen (secondary N) is 2. The van der Waals surface area contributed by atoms with Gasteiger partial charge in [0.05, 0.1) is 19.1 Å². The summed E-state index contributed by atoms with van der Waals surface area (Å²) in [7, 11) is -6.12. The second-order valence-electron chi connectivity index (χ2n) is 18.6. The molecule has 62 heavy (non-hydrogen) atoms. The van der Waals surface area contributed by atoms with Gasteiger partial charge in [0.15, 0.2) is 0 Å². The average molecular weight is 883 g/mol. The lowest BCUT2D eigenvalue weighted by Crippen LogP contribution is -2.60. The van der Waals surface area contributed by atoms with E-state index in [1.165, 1.54) is 28.3 Å². The summed E-state index contributed by atoms with van der Waals surface area (Å²) in [6.45, 7) is 20.2. The minimum Gasteiger partial charge on any atom is -0.496 e. The zero-order chi connectivity index (χ0) is 45.7. The van der Waals surface area contributed by atoms with E-state index in [0.717, 1.165) is 35.1 Å². The van der Waals surface area contributed by atoms with Crippen LogP contribution in [0.15, 0.2) is 82.6 Å². The third-order valence-electron chi connectivity index (χ3n) is 12.3. The molecule has 0 aromatic heterocycles. The number of aryl methyl sites for hydroxylation is 5. The van der Waals surface area contributed by atoms with Gasteiger partial charge < -0.3 is 20.1 Å². The molecule has 5 aromatic rings. The second-order valence-corrected chi connectivity index (χ2v) is 21.4. The van der Waals surface area contributed by atoms with Crippen molar-refractivity contribution in [2.45, 2.75) is 128 Å². The summed E-state index contributed by atoms with van der Waals surface area (Å²) >= 11 is 0. The fraction of sp³-hybridized carbons (Fsp3) is 0.400. The Bertz CT molecular complexity index is 2720. The molecule has 1 atom stereocenters. The Hall–Kier alpha value is -4.72. The Morgan fingerprint density at radius 2 is 1.13 bits per heavy atom. The van der Waals surface area contributed by atoms with Crippen LogP contribution < -0.4 is 20.1 Å². The van der Waals surface area contributed by atoms with Crippen LogP contribution in [-0.4, -0.2) is 57.3 Å². The van der Waals surface area contributed by atoms with Crippen LogP contribution in [-0.2, 0) is 33.1 Å². The second kappa shape index (κ2) is 17.4. The lowest BCUT2D eigenvalue weighted by Gasteiger charge is -2.47. The molecule has 0 saturated carbocycles. The third-order valence-corrected chi connectivity index (χ3v) is 14.4. The van der Waals surface area contributed by atoms with Crippen molar-refractivity contribution in [3.63, 3.8) is 0 Å². The van der Waals surface area contributed by atoms with Crippen LogP contribution in [0.3, 0.4) is 0 Å². The van der Waals surface area contributed by atoms with Crippen molar-refractivity contribution in [1.29, 1.82) is 0 Å². The van der Waals surface area contributed by atoms with E-state index in [2.05, 4.69) is 71.2 Å². The summed E-state index contributed by atoms with van der Waals surface area (Å²) in [5, 5.41) is 7.27. The molecule has 0 bridgehead atoms. The van der Waals surface area contributed by atoms with Crippen LogP contribution in [0.2, 0.25) is 0 Å². The van der Waals surface area contributed by atoms with Crippen molar-refractivity contribution in [3.05, 3.63) is 145 Å². The Morgan fingerprint density at radius 3 is 1.61 bits per heavy atom. The molecule has 10 nitrogen and oxygen atoms in total. The molecular formula is C50H62N2O8S2. The van der Waals surface area contributed by atoms with E-state index in [0.29, 0.717) is 57.8 Å². The quantitative estimate of drug-likeness (QED) is 0.0665.